The van der Waals surface area contributed by atoms with Crippen molar-refractivity contribution in [1.29, 1.82) is 0 Å². The molecule has 0 amide bonds. The summed E-state index contributed by atoms with van der Waals surface area (Å²) in [5.41, 5.74) is 0.463. The van der Waals surface area contributed by atoms with E-state index in [0.717, 1.165) is 19.1 Å². The SMILES string of the molecule is C1CCN(CC23CNCC2COC3)C1. The van der Waals surface area contributed by atoms with E-state index in [4.69, 9.17) is 4.74 Å². The molecule has 3 heteroatoms. The van der Waals surface area contributed by atoms with E-state index in [2.05, 4.69) is 10.2 Å². The summed E-state index contributed by atoms with van der Waals surface area (Å²) in [7, 11) is 0. The van der Waals surface area contributed by atoms with Crippen LogP contribution in [0.15, 0.2) is 0 Å². The topological polar surface area (TPSA) is 24.5 Å². The summed E-state index contributed by atoms with van der Waals surface area (Å²) in [5.74, 6) is 0.781. The Bertz CT molecular complexity index is 203. The first-order valence-corrected chi connectivity index (χ1v) is 5.90. The van der Waals surface area contributed by atoms with Crippen molar-refractivity contribution in [3.8, 4) is 0 Å². The monoisotopic (exact) mass is 196 g/mol. The summed E-state index contributed by atoms with van der Waals surface area (Å²) in [6.45, 7) is 8.22. The van der Waals surface area contributed by atoms with Gasteiger partial charge < -0.3 is 15.0 Å². The number of hydrogen-bond acceptors (Lipinski definition) is 3. The van der Waals surface area contributed by atoms with Crippen molar-refractivity contribution in [3.63, 3.8) is 0 Å². The molecule has 1 N–H and O–H groups in total. The van der Waals surface area contributed by atoms with Crippen LogP contribution in [0.25, 0.3) is 0 Å². The number of nitrogens with zero attached hydrogens (tertiary/aromatic N) is 1. The Morgan fingerprint density at radius 2 is 2.21 bits per heavy atom. The average molecular weight is 196 g/mol. The first-order chi connectivity index (χ1) is 6.89. The third-order valence-corrected chi connectivity index (χ3v) is 4.18. The van der Waals surface area contributed by atoms with Crippen molar-refractivity contribution < 1.29 is 4.74 Å². The minimum Gasteiger partial charge on any atom is -0.380 e. The molecule has 3 rings (SSSR count). The van der Waals surface area contributed by atoms with Gasteiger partial charge in [0.25, 0.3) is 0 Å². The maximum atomic E-state index is 5.66. The predicted octanol–water partition coefficient (Wildman–Crippen LogP) is 0.318. The fraction of sp³-hybridized carbons (Fsp3) is 1.00. The molecule has 2 atom stereocenters. The Morgan fingerprint density at radius 3 is 3.07 bits per heavy atom. The van der Waals surface area contributed by atoms with Crippen LogP contribution in [0.5, 0.6) is 0 Å². The third-order valence-electron chi connectivity index (χ3n) is 4.18. The van der Waals surface area contributed by atoms with Gasteiger partial charge in [0.1, 0.15) is 0 Å². The summed E-state index contributed by atoms with van der Waals surface area (Å²) in [6.07, 6.45) is 2.80. The first kappa shape index (κ1) is 9.13. The first-order valence-electron chi connectivity index (χ1n) is 5.90. The molecule has 3 fully saturated rings. The zero-order chi connectivity index (χ0) is 9.43. The molecule has 0 radical (unpaired) electrons. The van der Waals surface area contributed by atoms with Gasteiger partial charge in [-0.1, -0.05) is 0 Å². The second-order valence-electron chi connectivity index (χ2n) is 5.19. The highest BCUT2D eigenvalue weighted by molar-refractivity contribution is 5.00. The molecule has 0 aromatic rings. The molecule has 14 heavy (non-hydrogen) atoms. The number of fused-ring (bicyclic) bond motifs is 1. The van der Waals surface area contributed by atoms with Crippen LogP contribution in [0.2, 0.25) is 0 Å². The second kappa shape index (κ2) is 3.47. The number of rotatable bonds is 2. The molecule has 3 nitrogen and oxygen atoms in total. The van der Waals surface area contributed by atoms with E-state index in [1.807, 2.05) is 0 Å². The Kier molecular flexibility index (Phi) is 2.26. The van der Waals surface area contributed by atoms with Crippen LogP contribution in [0.4, 0.5) is 0 Å². The smallest absolute Gasteiger partial charge is 0.0551 e. The molecule has 0 aliphatic carbocycles. The van der Waals surface area contributed by atoms with Crippen molar-refractivity contribution in [2.24, 2.45) is 11.3 Å². The normalized spacial score (nSPS) is 43.3. The zero-order valence-electron chi connectivity index (χ0n) is 8.80. The standard InChI is InChI=1S/C11H20N2O/c1-2-4-13(3-1)8-11-7-12-5-10(11)6-14-9-11/h10,12H,1-9H2. The summed E-state index contributed by atoms with van der Waals surface area (Å²) in [4.78, 5) is 2.63. The predicted molar refractivity (Wildman–Crippen MR) is 55.3 cm³/mol. The Balaban J connectivity index is 1.68. The van der Waals surface area contributed by atoms with Gasteiger partial charge in [-0.15, -0.1) is 0 Å². The minimum atomic E-state index is 0.463. The summed E-state index contributed by atoms with van der Waals surface area (Å²) in [6, 6.07) is 0. The molecule has 3 saturated heterocycles. The van der Waals surface area contributed by atoms with Gasteiger partial charge in [0.05, 0.1) is 13.2 Å². The van der Waals surface area contributed by atoms with E-state index in [0.29, 0.717) is 5.41 Å². The lowest BCUT2D eigenvalue weighted by molar-refractivity contribution is 0.123. The van der Waals surface area contributed by atoms with Gasteiger partial charge in [0, 0.05) is 31.0 Å². The summed E-state index contributed by atoms with van der Waals surface area (Å²) < 4.78 is 5.66. The number of hydrogen-bond donors (Lipinski definition) is 1. The number of nitrogens with one attached hydrogen (secondary N) is 1. The van der Waals surface area contributed by atoms with Crippen molar-refractivity contribution in [2.45, 2.75) is 12.8 Å². The van der Waals surface area contributed by atoms with Gasteiger partial charge in [0.15, 0.2) is 0 Å². The Morgan fingerprint density at radius 1 is 1.36 bits per heavy atom. The summed E-state index contributed by atoms with van der Waals surface area (Å²) >= 11 is 0. The lowest BCUT2D eigenvalue weighted by Crippen LogP contribution is -2.41. The third kappa shape index (κ3) is 1.38. The molecule has 3 aliphatic heterocycles. The van der Waals surface area contributed by atoms with Crippen LogP contribution in [-0.2, 0) is 4.74 Å². The van der Waals surface area contributed by atoms with Crippen LogP contribution >= 0.6 is 0 Å². The van der Waals surface area contributed by atoms with E-state index >= 15 is 0 Å². The highest BCUT2D eigenvalue weighted by Crippen LogP contribution is 2.38. The van der Waals surface area contributed by atoms with Crippen LogP contribution < -0.4 is 5.32 Å². The highest BCUT2D eigenvalue weighted by Gasteiger charge is 2.48. The van der Waals surface area contributed by atoms with E-state index in [1.54, 1.807) is 0 Å². The van der Waals surface area contributed by atoms with Crippen LogP contribution in [0.3, 0.4) is 0 Å². The van der Waals surface area contributed by atoms with Crippen LogP contribution in [0.1, 0.15) is 12.8 Å². The Hall–Kier alpha value is -0.120. The van der Waals surface area contributed by atoms with Gasteiger partial charge in [-0.2, -0.15) is 0 Å². The summed E-state index contributed by atoms with van der Waals surface area (Å²) in [5, 5.41) is 3.53. The van der Waals surface area contributed by atoms with Gasteiger partial charge in [-0.05, 0) is 25.9 Å². The van der Waals surface area contributed by atoms with E-state index in [1.165, 1.54) is 45.6 Å². The molecule has 0 aromatic heterocycles. The molecule has 0 aromatic carbocycles. The van der Waals surface area contributed by atoms with E-state index in [9.17, 15) is 0 Å². The maximum Gasteiger partial charge on any atom is 0.0551 e. The van der Waals surface area contributed by atoms with Gasteiger partial charge in [-0.3, -0.25) is 0 Å². The van der Waals surface area contributed by atoms with Crippen molar-refractivity contribution in [3.05, 3.63) is 0 Å². The fourth-order valence-corrected chi connectivity index (χ4v) is 3.28. The fourth-order valence-electron chi connectivity index (χ4n) is 3.28. The van der Waals surface area contributed by atoms with E-state index in [-0.39, 0.29) is 0 Å². The number of ether oxygens (including phenoxy) is 1. The molecule has 3 aliphatic rings. The molecule has 0 spiro atoms. The van der Waals surface area contributed by atoms with Crippen molar-refractivity contribution in [2.75, 3.05) is 45.9 Å². The lowest BCUT2D eigenvalue weighted by atomic mass is 9.80. The number of likely N-dealkylation sites (tertiary alicyclic amines) is 1. The zero-order valence-corrected chi connectivity index (χ0v) is 8.80. The molecule has 2 unspecified atom stereocenters. The van der Waals surface area contributed by atoms with Crippen LogP contribution in [0, 0.1) is 11.3 Å². The van der Waals surface area contributed by atoms with Gasteiger partial charge >= 0.3 is 0 Å². The van der Waals surface area contributed by atoms with Crippen LogP contribution in [-0.4, -0.2) is 50.8 Å². The largest absolute Gasteiger partial charge is 0.380 e. The van der Waals surface area contributed by atoms with Gasteiger partial charge in [-0.25, -0.2) is 0 Å². The molecule has 0 bridgehead atoms. The average Bonchev–Trinajstić information content (AvgIpc) is 2.79. The lowest BCUT2D eigenvalue weighted by Gasteiger charge is -2.31. The Labute approximate surface area is 85.8 Å². The molecular formula is C11H20N2O. The molecule has 0 saturated carbocycles. The highest BCUT2D eigenvalue weighted by atomic mass is 16.5. The molecule has 80 valence electrons. The van der Waals surface area contributed by atoms with E-state index < -0.39 is 0 Å². The van der Waals surface area contributed by atoms with Crippen molar-refractivity contribution in [1.82, 2.24) is 10.2 Å². The van der Waals surface area contributed by atoms with Gasteiger partial charge in [0.2, 0.25) is 0 Å². The quantitative estimate of drug-likeness (QED) is 0.688. The molecular weight excluding hydrogens is 176 g/mol. The minimum absolute atomic E-state index is 0.463. The molecule has 3 heterocycles. The van der Waals surface area contributed by atoms with Crippen molar-refractivity contribution >= 4 is 0 Å². The second-order valence-corrected chi connectivity index (χ2v) is 5.19. The maximum absolute atomic E-state index is 5.66.